The molecule has 0 aliphatic heterocycles. The largest absolute Gasteiger partial charge is 0.610 e. The molecule has 19 heavy (non-hydrogen) atoms. The Balaban J connectivity index is 2.26. The smallest absolute Gasteiger partial charge is 0.304 e. The van der Waals surface area contributed by atoms with Crippen LogP contribution in [0.5, 0.6) is 0 Å². The summed E-state index contributed by atoms with van der Waals surface area (Å²) in [5.41, 5.74) is -1.07. The summed E-state index contributed by atoms with van der Waals surface area (Å²) in [6.45, 7) is 0. The zero-order valence-corrected chi connectivity index (χ0v) is 12.2. The Morgan fingerprint density at radius 3 is 2.68 bits per heavy atom. The van der Waals surface area contributed by atoms with Crippen molar-refractivity contribution in [2.75, 3.05) is 6.26 Å². The maximum absolute atomic E-state index is 12.2. The monoisotopic (exact) mass is 299 g/mol. The minimum absolute atomic E-state index is 0.226. The first-order valence-electron chi connectivity index (χ1n) is 5.86. The topological polar surface area (TPSA) is 91.1 Å². The number of aromatic nitrogens is 3. The quantitative estimate of drug-likeness (QED) is 0.815. The van der Waals surface area contributed by atoms with Gasteiger partial charge in [0.15, 0.2) is 10.3 Å². The van der Waals surface area contributed by atoms with E-state index in [0.29, 0.717) is 27.8 Å². The summed E-state index contributed by atoms with van der Waals surface area (Å²) in [6.07, 6.45) is 3.67. The first-order chi connectivity index (χ1) is 8.92. The van der Waals surface area contributed by atoms with Crippen LogP contribution in [-0.4, -0.2) is 30.5 Å². The Morgan fingerprint density at radius 1 is 1.47 bits per heavy atom. The van der Waals surface area contributed by atoms with Gasteiger partial charge in [-0.05, 0) is 30.6 Å². The van der Waals surface area contributed by atoms with Crippen LogP contribution >= 0.6 is 11.3 Å². The predicted molar refractivity (Wildman–Crippen MR) is 72.7 cm³/mol. The predicted octanol–water partition coefficient (Wildman–Crippen LogP) is 0.499. The standard InChI is InChI=1S/C11H13N3O3S2/c1-14-8(15)6-7(18-10(12-6)19(2)17)13-9(14)11(16)4-3-5-11/h16H,3-5H2,1-2H3. The molecule has 1 aliphatic rings. The van der Waals surface area contributed by atoms with Crippen LogP contribution in [0, 0.1) is 0 Å². The highest BCUT2D eigenvalue weighted by Gasteiger charge is 2.40. The fourth-order valence-corrected chi connectivity index (χ4v) is 3.80. The van der Waals surface area contributed by atoms with E-state index in [-0.39, 0.29) is 11.1 Å². The molecule has 2 heterocycles. The summed E-state index contributed by atoms with van der Waals surface area (Å²) >= 11 is -0.0890. The molecule has 3 rings (SSSR count). The van der Waals surface area contributed by atoms with E-state index in [1.807, 2.05) is 0 Å². The number of nitrogens with zero attached hydrogens (tertiary/aromatic N) is 3. The van der Waals surface area contributed by atoms with Gasteiger partial charge in [0, 0.05) is 18.2 Å². The summed E-state index contributed by atoms with van der Waals surface area (Å²) in [7, 11) is 1.59. The van der Waals surface area contributed by atoms with Crippen LogP contribution in [0.4, 0.5) is 0 Å². The van der Waals surface area contributed by atoms with Crippen molar-refractivity contribution in [2.45, 2.75) is 29.2 Å². The zero-order chi connectivity index (χ0) is 13.8. The molecule has 1 N–H and O–H groups in total. The third-order valence-corrected chi connectivity index (χ3v) is 5.75. The number of hydrogen-bond donors (Lipinski definition) is 1. The summed E-state index contributed by atoms with van der Waals surface area (Å²) < 4.78 is 13.2. The molecule has 102 valence electrons. The van der Waals surface area contributed by atoms with Crippen molar-refractivity contribution in [3.63, 3.8) is 0 Å². The second kappa shape index (κ2) is 4.27. The molecule has 1 saturated carbocycles. The van der Waals surface area contributed by atoms with Crippen LogP contribution in [0.1, 0.15) is 25.1 Å². The molecule has 2 aromatic heterocycles. The van der Waals surface area contributed by atoms with Gasteiger partial charge in [-0.2, -0.15) is 4.98 Å². The van der Waals surface area contributed by atoms with Gasteiger partial charge in [0.05, 0.1) is 0 Å². The van der Waals surface area contributed by atoms with Crippen molar-refractivity contribution in [3.8, 4) is 0 Å². The van der Waals surface area contributed by atoms with Gasteiger partial charge < -0.3 is 9.66 Å². The molecule has 1 atom stereocenters. The zero-order valence-electron chi connectivity index (χ0n) is 10.5. The minimum atomic E-state index is -1.24. The first-order valence-corrected chi connectivity index (χ1v) is 8.24. The summed E-state index contributed by atoms with van der Waals surface area (Å²) in [4.78, 5) is 21.1. The van der Waals surface area contributed by atoms with Gasteiger partial charge in [-0.3, -0.25) is 9.36 Å². The molecule has 0 amide bonds. The lowest BCUT2D eigenvalue weighted by Crippen LogP contribution is -2.40. The Labute approximate surface area is 116 Å². The molecule has 1 aliphatic carbocycles. The number of fused-ring (bicyclic) bond motifs is 1. The second-order valence-corrected chi connectivity index (χ2v) is 7.30. The molecule has 1 unspecified atom stereocenters. The molecule has 6 nitrogen and oxygen atoms in total. The van der Waals surface area contributed by atoms with Gasteiger partial charge in [-0.25, -0.2) is 4.98 Å². The van der Waals surface area contributed by atoms with E-state index in [2.05, 4.69) is 9.97 Å². The summed E-state index contributed by atoms with van der Waals surface area (Å²) in [5.74, 6) is 0.383. The van der Waals surface area contributed by atoms with Crippen molar-refractivity contribution < 1.29 is 9.66 Å². The van der Waals surface area contributed by atoms with E-state index in [1.165, 1.54) is 10.8 Å². The van der Waals surface area contributed by atoms with Gasteiger partial charge in [-0.1, -0.05) is 0 Å². The van der Waals surface area contributed by atoms with Gasteiger partial charge in [0.25, 0.3) is 5.56 Å². The van der Waals surface area contributed by atoms with Crippen molar-refractivity contribution in [3.05, 3.63) is 16.2 Å². The molecule has 0 spiro atoms. The van der Waals surface area contributed by atoms with Crippen LogP contribution in [0.2, 0.25) is 0 Å². The average Bonchev–Trinajstić information content (AvgIpc) is 2.75. The number of thiazole rings is 1. The van der Waals surface area contributed by atoms with Gasteiger partial charge in [0.1, 0.15) is 17.7 Å². The lowest BCUT2D eigenvalue weighted by atomic mass is 9.79. The summed E-state index contributed by atoms with van der Waals surface area (Å²) in [6, 6.07) is 0. The maximum atomic E-state index is 12.2. The minimum Gasteiger partial charge on any atom is -0.610 e. The molecule has 0 aromatic carbocycles. The maximum Gasteiger partial charge on any atom is 0.304 e. The van der Waals surface area contributed by atoms with Crippen LogP contribution in [0.3, 0.4) is 0 Å². The van der Waals surface area contributed by atoms with Crippen LogP contribution in [-0.2, 0) is 23.8 Å². The lowest BCUT2D eigenvalue weighted by molar-refractivity contribution is -0.0496. The van der Waals surface area contributed by atoms with E-state index in [1.54, 1.807) is 7.05 Å². The number of aliphatic hydroxyl groups is 1. The fourth-order valence-electron chi connectivity index (χ4n) is 2.21. The molecule has 0 radical (unpaired) electrons. The van der Waals surface area contributed by atoms with E-state index in [4.69, 9.17) is 0 Å². The SMILES string of the molecule is Cn1c(C2(O)CCC2)nc2sc([S+](C)[O-])nc2c1=O. The Kier molecular flexibility index (Phi) is 2.93. The van der Waals surface area contributed by atoms with Crippen LogP contribution < -0.4 is 5.56 Å². The van der Waals surface area contributed by atoms with Crippen molar-refractivity contribution in [1.29, 1.82) is 0 Å². The van der Waals surface area contributed by atoms with E-state index in [9.17, 15) is 14.5 Å². The third-order valence-electron chi connectivity index (χ3n) is 3.46. The summed E-state index contributed by atoms with van der Waals surface area (Å²) in [5, 5.41) is 10.4. The van der Waals surface area contributed by atoms with Crippen molar-refractivity contribution >= 4 is 32.9 Å². The Hall–Kier alpha value is -0.960. The molecule has 0 bridgehead atoms. The normalized spacial score (nSPS) is 19.4. The molecular formula is C11H13N3O3S2. The highest BCUT2D eigenvalue weighted by molar-refractivity contribution is 7.92. The van der Waals surface area contributed by atoms with Crippen molar-refractivity contribution in [2.24, 2.45) is 7.05 Å². The average molecular weight is 299 g/mol. The van der Waals surface area contributed by atoms with Crippen LogP contribution in [0.25, 0.3) is 10.3 Å². The van der Waals surface area contributed by atoms with Gasteiger partial charge in [0.2, 0.25) is 0 Å². The van der Waals surface area contributed by atoms with Crippen LogP contribution in [0.15, 0.2) is 9.13 Å². The van der Waals surface area contributed by atoms with Gasteiger partial charge in [-0.15, -0.1) is 0 Å². The highest BCUT2D eigenvalue weighted by Crippen LogP contribution is 2.40. The molecule has 1 fully saturated rings. The third kappa shape index (κ3) is 1.90. The Morgan fingerprint density at radius 2 is 2.16 bits per heavy atom. The highest BCUT2D eigenvalue weighted by atomic mass is 32.2. The molecule has 8 heteroatoms. The van der Waals surface area contributed by atoms with E-state index < -0.39 is 16.8 Å². The lowest BCUT2D eigenvalue weighted by Gasteiger charge is -2.36. The van der Waals surface area contributed by atoms with Gasteiger partial charge >= 0.3 is 4.34 Å². The van der Waals surface area contributed by atoms with E-state index >= 15 is 0 Å². The second-order valence-electron chi connectivity index (χ2n) is 4.77. The van der Waals surface area contributed by atoms with E-state index in [0.717, 1.165) is 17.8 Å². The number of rotatable bonds is 2. The molecule has 2 aromatic rings. The fraction of sp³-hybridized carbons (Fsp3) is 0.545. The number of hydrogen-bond acceptors (Lipinski definition) is 6. The molecule has 0 saturated heterocycles. The first kappa shape index (κ1) is 13.0. The Bertz CT molecular complexity index is 703. The van der Waals surface area contributed by atoms with Crippen molar-refractivity contribution in [1.82, 2.24) is 14.5 Å². The molecular weight excluding hydrogens is 286 g/mol.